The van der Waals surface area contributed by atoms with Crippen molar-refractivity contribution in [1.82, 2.24) is 4.98 Å². The van der Waals surface area contributed by atoms with E-state index >= 15 is 0 Å². The molecular weight excluding hydrogens is 422 g/mol. The first-order valence-corrected chi connectivity index (χ1v) is 7.33. The van der Waals surface area contributed by atoms with Crippen molar-refractivity contribution in [2.24, 2.45) is 0 Å². The lowest BCUT2D eigenvalue weighted by Gasteiger charge is -2.12. The number of nitro groups is 2. The minimum atomic E-state index is -4.84. The van der Waals surface area contributed by atoms with Crippen LogP contribution in [0.25, 0.3) is 0 Å². The van der Waals surface area contributed by atoms with Gasteiger partial charge in [0.15, 0.2) is 0 Å². The fourth-order valence-electron chi connectivity index (χ4n) is 1.89. The van der Waals surface area contributed by atoms with Gasteiger partial charge < -0.3 is 9.47 Å². The van der Waals surface area contributed by atoms with Gasteiger partial charge in [-0.25, -0.2) is 0 Å². The zero-order chi connectivity index (χ0) is 20.5. The molecule has 0 saturated carbocycles. The second kappa shape index (κ2) is 7.40. The minimum Gasteiger partial charge on any atom is -0.490 e. The fourth-order valence-corrected chi connectivity index (χ4v) is 2.32. The second-order valence-electron chi connectivity index (χ2n) is 4.72. The molecule has 2 aromatic rings. The summed E-state index contributed by atoms with van der Waals surface area (Å²) in [6, 6.07) is 1.80. The zero-order valence-electron chi connectivity index (χ0n) is 12.9. The monoisotopic (exact) mass is 427 g/mol. The van der Waals surface area contributed by atoms with Crippen molar-refractivity contribution in [3.8, 4) is 17.4 Å². The van der Waals surface area contributed by atoms with Crippen LogP contribution < -0.4 is 9.47 Å². The fraction of sp³-hybridized carbons (Fsp3) is 0.154. The van der Waals surface area contributed by atoms with Crippen molar-refractivity contribution in [2.45, 2.75) is 6.18 Å². The smallest absolute Gasteiger partial charge is 0.419 e. The second-order valence-corrected chi connectivity index (χ2v) is 5.48. The third-order valence-corrected chi connectivity index (χ3v) is 3.62. The summed E-state index contributed by atoms with van der Waals surface area (Å²) in [5.41, 5.74) is -2.92. The van der Waals surface area contributed by atoms with E-state index in [9.17, 15) is 33.4 Å². The molecule has 0 aliphatic carbocycles. The average molecular weight is 428 g/mol. The molecule has 0 N–H and O–H groups in total. The molecule has 2 rings (SSSR count). The van der Waals surface area contributed by atoms with E-state index in [1.807, 2.05) is 0 Å². The van der Waals surface area contributed by atoms with E-state index in [0.29, 0.717) is 12.1 Å². The molecule has 1 heterocycles. The first kappa shape index (κ1) is 20.5. The molecule has 0 radical (unpaired) electrons. The lowest BCUT2D eigenvalue weighted by Crippen LogP contribution is -2.08. The number of benzene rings is 1. The van der Waals surface area contributed by atoms with Gasteiger partial charge >= 0.3 is 17.6 Å². The van der Waals surface area contributed by atoms with Crippen LogP contribution in [0.4, 0.5) is 24.5 Å². The van der Waals surface area contributed by atoms with Gasteiger partial charge in [0.2, 0.25) is 17.4 Å². The highest BCUT2D eigenvalue weighted by Crippen LogP contribution is 2.43. The topological polar surface area (TPSA) is 118 Å². The number of ether oxygens (including phenoxy) is 2. The lowest BCUT2D eigenvalue weighted by molar-refractivity contribution is -0.395. The number of hydrogen-bond donors (Lipinski definition) is 0. The van der Waals surface area contributed by atoms with Crippen LogP contribution in [0.5, 0.6) is 17.4 Å². The number of aromatic nitrogens is 1. The van der Waals surface area contributed by atoms with Gasteiger partial charge in [0.1, 0.15) is 16.2 Å². The molecule has 0 amide bonds. The van der Waals surface area contributed by atoms with Crippen LogP contribution in [0.1, 0.15) is 5.56 Å². The molecule has 0 bridgehead atoms. The van der Waals surface area contributed by atoms with Crippen LogP contribution in [0.15, 0.2) is 18.2 Å². The average Bonchev–Trinajstić information content (AvgIpc) is 2.55. The van der Waals surface area contributed by atoms with Gasteiger partial charge in [-0.15, -0.1) is 0 Å². The van der Waals surface area contributed by atoms with E-state index < -0.39 is 60.5 Å². The van der Waals surface area contributed by atoms with E-state index in [2.05, 4.69) is 4.98 Å². The standard InChI is InChI=1S/C13H6Cl2F3N3O6/c1-26-9-4-10(8(21(24)25)3-7(9)20(22)23)27-12-6(14)2-5(11(15)19-12)13(16,17)18/h2-4H,1H3. The molecule has 144 valence electrons. The van der Waals surface area contributed by atoms with Crippen LogP contribution in [-0.4, -0.2) is 21.9 Å². The van der Waals surface area contributed by atoms with E-state index in [4.69, 9.17) is 32.7 Å². The van der Waals surface area contributed by atoms with Crippen molar-refractivity contribution in [1.29, 1.82) is 0 Å². The largest absolute Gasteiger partial charge is 0.490 e. The molecule has 1 aromatic carbocycles. The number of hydrogen-bond acceptors (Lipinski definition) is 7. The number of methoxy groups -OCH3 is 1. The third kappa shape index (κ3) is 4.28. The predicted molar refractivity (Wildman–Crippen MR) is 85.6 cm³/mol. The highest BCUT2D eigenvalue weighted by molar-refractivity contribution is 6.33. The summed E-state index contributed by atoms with van der Waals surface area (Å²) in [6.45, 7) is 0. The minimum absolute atomic E-state index is 0.394. The molecule has 0 atom stereocenters. The molecule has 14 heteroatoms. The van der Waals surface area contributed by atoms with Gasteiger partial charge in [-0.05, 0) is 6.07 Å². The Morgan fingerprint density at radius 1 is 1.04 bits per heavy atom. The van der Waals surface area contributed by atoms with Gasteiger partial charge in [-0.1, -0.05) is 23.2 Å². The first-order chi connectivity index (χ1) is 12.5. The van der Waals surface area contributed by atoms with Crippen molar-refractivity contribution in [3.05, 3.63) is 54.2 Å². The summed E-state index contributed by atoms with van der Waals surface area (Å²) < 4.78 is 48.2. The summed E-state index contributed by atoms with van der Waals surface area (Å²) in [5, 5.41) is 20.5. The molecule has 0 aliphatic heterocycles. The quantitative estimate of drug-likeness (QED) is 0.373. The maximum Gasteiger partial charge on any atom is 0.419 e. The summed E-state index contributed by atoms with van der Waals surface area (Å²) in [6.07, 6.45) is -4.84. The van der Waals surface area contributed by atoms with Gasteiger partial charge in [-0.2, -0.15) is 18.2 Å². The van der Waals surface area contributed by atoms with Crippen LogP contribution in [0, 0.1) is 20.2 Å². The normalized spacial score (nSPS) is 11.2. The molecule has 0 unspecified atom stereocenters. The summed E-state index contributed by atoms with van der Waals surface area (Å²) in [5.74, 6) is -1.67. The Kier molecular flexibility index (Phi) is 5.61. The Labute approximate surface area is 157 Å². The van der Waals surface area contributed by atoms with Crippen LogP contribution in [0.2, 0.25) is 10.2 Å². The van der Waals surface area contributed by atoms with Gasteiger partial charge in [-0.3, -0.25) is 20.2 Å². The van der Waals surface area contributed by atoms with Crippen LogP contribution in [0.3, 0.4) is 0 Å². The van der Waals surface area contributed by atoms with Crippen LogP contribution in [-0.2, 0) is 6.18 Å². The third-order valence-electron chi connectivity index (χ3n) is 3.06. The molecular formula is C13H6Cl2F3N3O6. The molecule has 0 fully saturated rings. The molecule has 0 saturated heterocycles. The van der Waals surface area contributed by atoms with Crippen molar-refractivity contribution < 1.29 is 32.5 Å². The molecule has 9 nitrogen and oxygen atoms in total. The Morgan fingerprint density at radius 3 is 2.07 bits per heavy atom. The first-order valence-electron chi connectivity index (χ1n) is 6.57. The van der Waals surface area contributed by atoms with Crippen molar-refractivity contribution in [2.75, 3.05) is 7.11 Å². The number of alkyl halides is 3. The number of halogens is 5. The number of pyridine rings is 1. The van der Waals surface area contributed by atoms with E-state index in [1.165, 1.54) is 0 Å². The van der Waals surface area contributed by atoms with Gasteiger partial charge in [0.05, 0.1) is 22.5 Å². The zero-order valence-corrected chi connectivity index (χ0v) is 14.4. The highest BCUT2D eigenvalue weighted by Gasteiger charge is 2.35. The molecule has 0 spiro atoms. The summed E-state index contributed by atoms with van der Waals surface area (Å²) in [7, 11) is 1.07. The number of nitrogens with zero attached hydrogens (tertiary/aromatic N) is 3. The maximum atomic E-state index is 12.8. The van der Waals surface area contributed by atoms with Gasteiger partial charge in [0, 0.05) is 6.07 Å². The maximum absolute atomic E-state index is 12.8. The van der Waals surface area contributed by atoms with Crippen LogP contribution >= 0.6 is 23.2 Å². The summed E-state index contributed by atoms with van der Waals surface area (Å²) in [4.78, 5) is 23.5. The molecule has 0 aliphatic rings. The SMILES string of the molecule is COc1cc(Oc2nc(Cl)c(C(F)(F)F)cc2Cl)c([N+](=O)[O-])cc1[N+](=O)[O-]. The molecule has 1 aromatic heterocycles. The van der Waals surface area contributed by atoms with E-state index in [-0.39, 0.29) is 0 Å². The molecule has 27 heavy (non-hydrogen) atoms. The van der Waals surface area contributed by atoms with Crippen molar-refractivity contribution >= 4 is 34.6 Å². The Bertz CT molecular complexity index is 938. The Morgan fingerprint density at radius 2 is 1.59 bits per heavy atom. The highest BCUT2D eigenvalue weighted by atomic mass is 35.5. The lowest BCUT2D eigenvalue weighted by atomic mass is 10.2. The van der Waals surface area contributed by atoms with Crippen molar-refractivity contribution in [3.63, 3.8) is 0 Å². The summed E-state index contributed by atoms with van der Waals surface area (Å²) >= 11 is 11.2. The predicted octanol–water partition coefficient (Wildman–Crippen LogP) is 5.02. The van der Waals surface area contributed by atoms with Gasteiger partial charge in [0.25, 0.3) is 0 Å². The van der Waals surface area contributed by atoms with E-state index in [0.717, 1.165) is 13.2 Å². The number of nitro benzene ring substituents is 2. The number of rotatable bonds is 5. The van der Waals surface area contributed by atoms with E-state index in [1.54, 1.807) is 0 Å². The Hall–Kier alpha value is -2.86. The Balaban J connectivity index is 2.59.